The zero-order valence-electron chi connectivity index (χ0n) is 15.8. The van der Waals surface area contributed by atoms with Crippen molar-refractivity contribution in [2.24, 2.45) is 0 Å². The summed E-state index contributed by atoms with van der Waals surface area (Å²) in [5, 5.41) is 5.18. The molecule has 1 aromatic heterocycles. The van der Waals surface area contributed by atoms with E-state index in [0.29, 0.717) is 30.8 Å². The van der Waals surface area contributed by atoms with Crippen LogP contribution in [0.2, 0.25) is 0 Å². The first-order valence-electron chi connectivity index (χ1n) is 9.77. The smallest absolute Gasteiger partial charge is 0.253 e. The monoisotopic (exact) mass is 399 g/mol. The Balaban J connectivity index is 1.49. The summed E-state index contributed by atoms with van der Waals surface area (Å²) in [5.41, 5.74) is 1.27. The maximum atomic E-state index is 13.0. The van der Waals surface area contributed by atoms with Gasteiger partial charge in [0, 0.05) is 37.5 Å². The summed E-state index contributed by atoms with van der Waals surface area (Å²) >= 11 is 1.71. The molecular formula is C21H25N3O3S. The van der Waals surface area contributed by atoms with E-state index in [9.17, 15) is 9.59 Å². The van der Waals surface area contributed by atoms with Crippen LogP contribution >= 0.6 is 11.3 Å². The van der Waals surface area contributed by atoms with E-state index in [1.807, 2.05) is 24.3 Å². The van der Waals surface area contributed by atoms with Crippen molar-refractivity contribution >= 4 is 28.8 Å². The van der Waals surface area contributed by atoms with Crippen LogP contribution < -0.4 is 10.2 Å². The molecule has 6 nitrogen and oxygen atoms in total. The zero-order chi connectivity index (χ0) is 19.3. The molecule has 0 unspecified atom stereocenters. The highest BCUT2D eigenvalue weighted by Gasteiger charge is 2.27. The van der Waals surface area contributed by atoms with Crippen molar-refractivity contribution in [2.45, 2.75) is 18.9 Å². The number of hydrogen-bond acceptors (Lipinski definition) is 5. The molecule has 148 valence electrons. The fourth-order valence-corrected chi connectivity index (χ4v) is 4.73. The number of thiophene rings is 1. The standard InChI is InChI=1S/C21H25N3O3S/c25-20-8-3-9-24(20)17-6-2-1-5-16(17)21(26)22-15-18(19-7-4-14-28-19)23-10-12-27-13-11-23/h1-2,4-7,14,18H,3,8-13,15H2,(H,22,26)/t18-/m1/s1. The van der Waals surface area contributed by atoms with E-state index < -0.39 is 0 Å². The second-order valence-electron chi connectivity index (χ2n) is 7.06. The summed E-state index contributed by atoms with van der Waals surface area (Å²) in [7, 11) is 0. The summed E-state index contributed by atoms with van der Waals surface area (Å²) in [6.07, 6.45) is 1.39. The molecule has 28 heavy (non-hydrogen) atoms. The Kier molecular flexibility index (Phi) is 6.04. The quantitative estimate of drug-likeness (QED) is 0.811. The van der Waals surface area contributed by atoms with Gasteiger partial charge < -0.3 is 15.0 Å². The summed E-state index contributed by atoms with van der Waals surface area (Å²) in [6, 6.07) is 11.7. The average Bonchev–Trinajstić information content (AvgIpc) is 3.41. The van der Waals surface area contributed by atoms with Crippen LogP contribution in [0.5, 0.6) is 0 Å². The fourth-order valence-electron chi connectivity index (χ4n) is 3.87. The van der Waals surface area contributed by atoms with Gasteiger partial charge in [-0.25, -0.2) is 0 Å². The Morgan fingerprint density at radius 3 is 2.68 bits per heavy atom. The third-order valence-corrected chi connectivity index (χ3v) is 6.30. The normalized spacial score (nSPS) is 19.0. The second kappa shape index (κ2) is 8.86. The number of para-hydroxylation sites is 1. The van der Waals surface area contributed by atoms with Crippen molar-refractivity contribution in [3.8, 4) is 0 Å². The predicted molar refractivity (Wildman–Crippen MR) is 110 cm³/mol. The Bertz CT molecular complexity index is 818. The summed E-state index contributed by atoms with van der Waals surface area (Å²) in [5.74, 6) is -0.0462. The summed E-state index contributed by atoms with van der Waals surface area (Å²) in [4.78, 5) is 30.5. The molecule has 0 radical (unpaired) electrons. The number of rotatable bonds is 6. The maximum Gasteiger partial charge on any atom is 0.253 e. The molecule has 2 aliphatic heterocycles. The number of nitrogens with zero attached hydrogens (tertiary/aromatic N) is 2. The molecule has 2 amide bonds. The van der Waals surface area contributed by atoms with E-state index in [1.54, 1.807) is 22.3 Å². The average molecular weight is 400 g/mol. The Morgan fingerprint density at radius 1 is 1.14 bits per heavy atom. The molecule has 2 aromatic rings. The minimum absolute atomic E-state index is 0.0880. The molecule has 0 aliphatic carbocycles. The Labute approximate surface area is 169 Å². The van der Waals surface area contributed by atoms with Gasteiger partial charge in [-0.3, -0.25) is 14.5 Å². The van der Waals surface area contributed by atoms with Crippen LogP contribution in [0.4, 0.5) is 5.69 Å². The maximum absolute atomic E-state index is 13.0. The number of ether oxygens (including phenoxy) is 1. The van der Waals surface area contributed by atoms with Crippen LogP contribution in [0.25, 0.3) is 0 Å². The van der Waals surface area contributed by atoms with Crippen LogP contribution in [-0.2, 0) is 9.53 Å². The lowest BCUT2D eigenvalue weighted by Crippen LogP contribution is -2.43. The molecule has 1 aromatic carbocycles. The number of nitrogens with one attached hydrogen (secondary N) is 1. The van der Waals surface area contributed by atoms with Crippen molar-refractivity contribution in [3.05, 3.63) is 52.2 Å². The lowest BCUT2D eigenvalue weighted by Gasteiger charge is -2.34. The van der Waals surface area contributed by atoms with Gasteiger partial charge in [0.25, 0.3) is 5.91 Å². The first-order chi connectivity index (χ1) is 13.7. The minimum atomic E-state index is -0.134. The molecule has 7 heteroatoms. The van der Waals surface area contributed by atoms with E-state index >= 15 is 0 Å². The van der Waals surface area contributed by atoms with Crippen molar-refractivity contribution in [2.75, 3.05) is 44.3 Å². The third-order valence-electron chi connectivity index (χ3n) is 5.33. The molecule has 1 atom stereocenters. The van der Waals surface area contributed by atoms with Gasteiger partial charge >= 0.3 is 0 Å². The molecule has 3 heterocycles. The van der Waals surface area contributed by atoms with Crippen molar-refractivity contribution in [1.82, 2.24) is 10.2 Å². The van der Waals surface area contributed by atoms with Crippen LogP contribution in [-0.4, -0.2) is 56.1 Å². The van der Waals surface area contributed by atoms with Gasteiger partial charge in [-0.05, 0) is 30.0 Å². The van der Waals surface area contributed by atoms with Crippen LogP contribution in [0.15, 0.2) is 41.8 Å². The highest BCUT2D eigenvalue weighted by molar-refractivity contribution is 7.10. The second-order valence-corrected chi connectivity index (χ2v) is 8.03. The first kappa shape index (κ1) is 19.1. The van der Waals surface area contributed by atoms with Gasteiger partial charge in [-0.1, -0.05) is 18.2 Å². The Hall–Kier alpha value is -2.22. The number of hydrogen-bond donors (Lipinski definition) is 1. The molecule has 0 spiro atoms. The summed E-state index contributed by atoms with van der Waals surface area (Å²) < 4.78 is 5.48. The fraction of sp³-hybridized carbons (Fsp3) is 0.429. The number of benzene rings is 1. The van der Waals surface area contributed by atoms with Crippen LogP contribution in [0.3, 0.4) is 0 Å². The van der Waals surface area contributed by atoms with Gasteiger partial charge in [0.05, 0.1) is 30.5 Å². The van der Waals surface area contributed by atoms with E-state index in [1.165, 1.54) is 4.88 Å². The van der Waals surface area contributed by atoms with Gasteiger partial charge in [0.15, 0.2) is 0 Å². The van der Waals surface area contributed by atoms with Crippen LogP contribution in [0.1, 0.15) is 34.1 Å². The van der Waals surface area contributed by atoms with Gasteiger partial charge in [-0.15, -0.1) is 11.3 Å². The van der Waals surface area contributed by atoms with Crippen LogP contribution in [0, 0.1) is 0 Å². The molecule has 2 fully saturated rings. The number of anilines is 1. The number of morpholine rings is 1. The van der Waals surface area contributed by atoms with Gasteiger partial charge in [0.2, 0.25) is 5.91 Å². The molecule has 0 bridgehead atoms. The lowest BCUT2D eigenvalue weighted by molar-refractivity contribution is -0.117. The zero-order valence-corrected chi connectivity index (χ0v) is 16.6. The predicted octanol–water partition coefficient (Wildman–Crippen LogP) is 2.68. The van der Waals surface area contributed by atoms with Crippen molar-refractivity contribution in [1.29, 1.82) is 0 Å². The molecule has 4 rings (SSSR count). The minimum Gasteiger partial charge on any atom is -0.379 e. The number of carbonyl (C=O) groups excluding carboxylic acids is 2. The van der Waals surface area contributed by atoms with Crippen molar-refractivity contribution < 1.29 is 14.3 Å². The highest BCUT2D eigenvalue weighted by Crippen LogP contribution is 2.27. The summed E-state index contributed by atoms with van der Waals surface area (Å²) in [6.45, 7) is 4.36. The van der Waals surface area contributed by atoms with E-state index in [4.69, 9.17) is 4.74 Å². The molecule has 1 N–H and O–H groups in total. The Morgan fingerprint density at radius 2 is 1.96 bits per heavy atom. The SMILES string of the molecule is O=C(NC[C@H](c1cccs1)N1CCOCC1)c1ccccc1N1CCCC1=O. The molecular weight excluding hydrogens is 374 g/mol. The van der Waals surface area contributed by atoms with Gasteiger partial charge in [0.1, 0.15) is 0 Å². The third kappa shape index (κ3) is 4.11. The molecule has 2 saturated heterocycles. The van der Waals surface area contributed by atoms with E-state index in [-0.39, 0.29) is 17.9 Å². The lowest BCUT2D eigenvalue weighted by atomic mass is 10.1. The highest BCUT2D eigenvalue weighted by atomic mass is 32.1. The van der Waals surface area contributed by atoms with Gasteiger partial charge in [-0.2, -0.15) is 0 Å². The van der Waals surface area contributed by atoms with E-state index in [0.717, 1.165) is 32.7 Å². The largest absolute Gasteiger partial charge is 0.379 e. The van der Waals surface area contributed by atoms with Crippen molar-refractivity contribution in [3.63, 3.8) is 0 Å². The topological polar surface area (TPSA) is 61.9 Å². The first-order valence-corrected chi connectivity index (χ1v) is 10.6. The van der Waals surface area contributed by atoms with E-state index in [2.05, 4.69) is 21.7 Å². The number of carbonyl (C=O) groups is 2. The molecule has 2 aliphatic rings. The molecule has 0 saturated carbocycles. The number of amides is 2.